The maximum atomic E-state index is 12.7. The number of rotatable bonds is 4. The van der Waals surface area contributed by atoms with Crippen molar-refractivity contribution in [3.8, 4) is 11.3 Å². The molecule has 1 aliphatic rings. The van der Waals surface area contributed by atoms with Crippen LogP contribution in [0.2, 0.25) is 0 Å². The Balaban J connectivity index is 1.85. The Morgan fingerprint density at radius 2 is 2.22 bits per heavy atom. The number of likely N-dealkylation sites (tertiary alicyclic amines) is 1. The number of aromatic nitrogens is 4. The van der Waals surface area contributed by atoms with Gasteiger partial charge >= 0.3 is 5.97 Å². The minimum Gasteiger partial charge on any atom is -0.481 e. The highest BCUT2D eigenvalue weighted by Gasteiger charge is 2.42. The third-order valence-electron chi connectivity index (χ3n) is 4.39. The van der Waals surface area contributed by atoms with Gasteiger partial charge in [-0.25, -0.2) is 0 Å². The van der Waals surface area contributed by atoms with Crippen LogP contribution >= 0.6 is 0 Å². The van der Waals surface area contributed by atoms with E-state index in [2.05, 4.69) is 15.3 Å². The minimum absolute atomic E-state index is 0.206. The van der Waals surface area contributed by atoms with E-state index in [-0.39, 0.29) is 12.5 Å². The predicted octanol–water partition coefficient (Wildman–Crippen LogP) is 1.23. The number of amides is 1. The quantitative estimate of drug-likeness (QED) is 0.882. The van der Waals surface area contributed by atoms with Crippen LogP contribution in [0.3, 0.4) is 0 Å². The molecule has 2 aromatic heterocycles. The van der Waals surface area contributed by atoms with Gasteiger partial charge in [0.05, 0.1) is 29.1 Å². The molecule has 0 spiro atoms. The predicted molar refractivity (Wildman–Crippen MR) is 81.7 cm³/mol. The number of carboxylic acid groups (broad SMARTS) is 1. The Labute approximate surface area is 133 Å². The normalized spacial score (nSPS) is 20.9. The van der Waals surface area contributed by atoms with Crippen LogP contribution in [0.1, 0.15) is 30.6 Å². The van der Waals surface area contributed by atoms with E-state index in [0.29, 0.717) is 24.2 Å². The van der Waals surface area contributed by atoms with Gasteiger partial charge in [-0.2, -0.15) is 10.2 Å². The standard InChI is InChI=1S/C15H19N5O3/c1-3-20-8-10(6-17-20)12-11(7-16-18-12)13(21)19-5-4-15(2,9-19)14(22)23/h6-8H,3-5,9H2,1-2H3,(H,16,18)(H,22,23). The molecule has 1 aliphatic heterocycles. The van der Waals surface area contributed by atoms with Crippen molar-refractivity contribution >= 4 is 11.9 Å². The van der Waals surface area contributed by atoms with E-state index in [1.807, 2.05) is 13.1 Å². The van der Waals surface area contributed by atoms with E-state index in [4.69, 9.17) is 0 Å². The number of carbonyl (C=O) groups excluding carboxylic acids is 1. The van der Waals surface area contributed by atoms with Crippen LogP contribution in [0.5, 0.6) is 0 Å². The Kier molecular flexibility index (Phi) is 3.67. The topological polar surface area (TPSA) is 104 Å². The fourth-order valence-electron chi connectivity index (χ4n) is 2.81. The van der Waals surface area contributed by atoms with Crippen molar-refractivity contribution in [1.29, 1.82) is 0 Å². The number of nitrogens with one attached hydrogen (secondary N) is 1. The molecule has 0 aliphatic carbocycles. The number of aromatic amines is 1. The summed E-state index contributed by atoms with van der Waals surface area (Å²) in [4.78, 5) is 25.6. The second-order valence-electron chi connectivity index (χ2n) is 6.09. The zero-order valence-electron chi connectivity index (χ0n) is 13.1. The molecule has 1 atom stereocenters. The molecular formula is C15H19N5O3. The van der Waals surface area contributed by atoms with Crippen molar-refractivity contribution in [1.82, 2.24) is 24.9 Å². The average Bonchev–Trinajstić information content (AvgIpc) is 3.25. The Hall–Kier alpha value is -2.64. The minimum atomic E-state index is -0.882. The van der Waals surface area contributed by atoms with Gasteiger partial charge in [0.2, 0.25) is 0 Å². The highest BCUT2D eigenvalue weighted by Crippen LogP contribution is 2.32. The summed E-state index contributed by atoms with van der Waals surface area (Å²) >= 11 is 0. The van der Waals surface area contributed by atoms with Gasteiger partial charge in [0.25, 0.3) is 5.91 Å². The molecule has 2 aromatic rings. The first-order chi connectivity index (χ1) is 10.9. The maximum Gasteiger partial charge on any atom is 0.311 e. The summed E-state index contributed by atoms with van der Waals surface area (Å²) in [6.07, 6.45) is 5.46. The number of carboxylic acids is 1. The molecule has 122 valence electrons. The van der Waals surface area contributed by atoms with Crippen molar-refractivity contribution in [3.05, 3.63) is 24.2 Å². The van der Waals surface area contributed by atoms with Crippen molar-refractivity contribution in [2.75, 3.05) is 13.1 Å². The van der Waals surface area contributed by atoms with Crippen molar-refractivity contribution in [2.24, 2.45) is 5.41 Å². The van der Waals surface area contributed by atoms with Gasteiger partial charge in [-0.15, -0.1) is 0 Å². The third-order valence-corrected chi connectivity index (χ3v) is 4.39. The number of hydrogen-bond donors (Lipinski definition) is 2. The first kappa shape index (κ1) is 15.3. The van der Waals surface area contributed by atoms with Crippen LogP contribution < -0.4 is 0 Å². The molecule has 0 bridgehead atoms. The molecule has 3 rings (SSSR count). The lowest BCUT2D eigenvalue weighted by Gasteiger charge is -2.20. The molecule has 1 amide bonds. The summed E-state index contributed by atoms with van der Waals surface area (Å²) in [6, 6.07) is 0. The fraction of sp³-hybridized carbons (Fsp3) is 0.467. The number of hydrogen-bond acceptors (Lipinski definition) is 4. The molecule has 8 nitrogen and oxygen atoms in total. The second kappa shape index (κ2) is 5.53. The van der Waals surface area contributed by atoms with Gasteiger partial charge in [0.15, 0.2) is 0 Å². The smallest absolute Gasteiger partial charge is 0.311 e. The van der Waals surface area contributed by atoms with Gasteiger partial charge in [-0.3, -0.25) is 19.4 Å². The van der Waals surface area contributed by atoms with Crippen LogP contribution in [0.15, 0.2) is 18.6 Å². The van der Waals surface area contributed by atoms with E-state index >= 15 is 0 Å². The molecule has 3 heterocycles. The van der Waals surface area contributed by atoms with Crippen LogP contribution in [0, 0.1) is 5.41 Å². The zero-order valence-corrected chi connectivity index (χ0v) is 13.1. The molecule has 1 saturated heterocycles. The summed E-state index contributed by atoms with van der Waals surface area (Å²) in [6.45, 7) is 5.03. The van der Waals surface area contributed by atoms with Gasteiger partial charge in [0, 0.05) is 31.4 Å². The van der Waals surface area contributed by atoms with E-state index in [9.17, 15) is 14.7 Å². The van der Waals surface area contributed by atoms with Crippen molar-refractivity contribution < 1.29 is 14.7 Å². The number of carbonyl (C=O) groups is 2. The first-order valence-corrected chi connectivity index (χ1v) is 7.53. The van der Waals surface area contributed by atoms with E-state index in [1.54, 1.807) is 22.7 Å². The third kappa shape index (κ3) is 2.60. The molecule has 1 fully saturated rings. The molecule has 2 N–H and O–H groups in total. The van der Waals surface area contributed by atoms with Gasteiger partial charge < -0.3 is 10.0 Å². The Morgan fingerprint density at radius 3 is 2.83 bits per heavy atom. The SMILES string of the molecule is CCn1cc(-c2[nH]ncc2C(=O)N2CCC(C)(C(=O)O)C2)cn1. The molecule has 1 unspecified atom stereocenters. The lowest BCUT2D eigenvalue weighted by atomic mass is 9.90. The van der Waals surface area contributed by atoms with Gasteiger partial charge in [0.1, 0.15) is 0 Å². The average molecular weight is 317 g/mol. The molecule has 8 heteroatoms. The summed E-state index contributed by atoms with van der Waals surface area (Å²) in [5.41, 5.74) is 0.953. The van der Waals surface area contributed by atoms with Crippen molar-refractivity contribution in [2.45, 2.75) is 26.8 Å². The molecule has 0 saturated carbocycles. The number of H-pyrrole nitrogens is 1. The van der Waals surface area contributed by atoms with Crippen molar-refractivity contribution in [3.63, 3.8) is 0 Å². The van der Waals surface area contributed by atoms with Crippen LogP contribution in [-0.2, 0) is 11.3 Å². The number of nitrogens with zero attached hydrogens (tertiary/aromatic N) is 4. The van der Waals surface area contributed by atoms with E-state index in [0.717, 1.165) is 12.1 Å². The highest BCUT2D eigenvalue weighted by atomic mass is 16.4. The zero-order chi connectivity index (χ0) is 16.6. The van der Waals surface area contributed by atoms with Crippen LogP contribution in [0.4, 0.5) is 0 Å². The van der Waals surface area contributed by atoms with E-state index in [1.165, 1.54) is 6.20 Å². The largest absolute Gasteiger partial charge is 0.481 e. The lowest BCUT2D eigenvalue weighted by Crippen LogP contribution is -2.34. The highest BCUT2D eigenvalue weighted by molar-refractivity contribution is 6.00. The number of aryl methyl sites for hydroxylation is 1. The monoisotopic (exact) mass is 317 g/mol. The Bertz CT molecular complexity index is 750. The summed E-state index contributed by atoms with van der Waals surface area (Å²) < 4.78 is 1.77. The van der Waals surface area contributed by atoms with Gasteiger partial charge in [-0.1, -0.05) is 0 Å². The van der Waals surface area contributed by atoms with Gasteiger partial charge in [-0.05, 0) is 20.3 Å². The molecular weight excluding hydrogens is 298 g/mol. The van der Waals surface area contributed by atoms with Crippen LogP contribution in [-0.4, -0.2) is 55.0 Å². The Morgan fingerprint density at radius 1 is 1.43 bits per heavy atom. The fourth-order valence-corrected chi connectivity index (χ4v) is 2.81. The van der Waals surface area contributed by atoms with E-state index < -0.39 is 11.4 Å². The maximum absolute atomic E-state index is 12.7. The summed E-state index contributed by atoms with van der Waals surface area (Å²) in [5.74, 6) is -1.08. The first-order valence-electron chi connectivity index (χ1n) is 7.53. The summed E-state index contributed by atoms with van der Waals surface area (Å²) in [7, 11) is 0. The van der Waals surface area contributed by atoms with Crippen LogP contribution in [0.25, 0.3) is 11.3 Å². The molecule has 0 radical (unpaired) electrons. The second-order valence-corrected chi connectivity index (χ2v) is 6.09. The molecule has 0 aromatic carbocycles. The lowest BCUT2D eigenvalue weighted by molar-refractivity contribution is -0.147. The summed E-state index contributed by atoms with van der Waals surface area (Å²) in [5, 5.41) is 20.3. The number of aliphatic carboxylic acids is 1. The molecule has 23 heavy (non-hydrogen) atoms.